The molecule has 1 amide bonds. The molecule has 2 rings (SSSR count). The molecule has 1 aromatic rings. The van der Waals surface area contributed by atoms with E-state index in [0.29, 0.717) is 30.7 Å². The molecule has 7 heteroatoms. The van der Waals surface area contributed by atoms with Crippen molar-refractivity contribution in [2.24, 2.45) is 0 Å². The Kier molecular flexibility index (Phi) is 5.19. The molecule has 1 aliphatic rings. The average molecular weight is 346 g/mol. The largest absolute Gasteiger partial charge is 0.481 e. The number of aliphatic carboxylic acids is 1. The van der Waals surface area contributed by atoms with E-state index in [0.717, 1.165) is 0 Å². The predicted octanol–water partition coefficient (Wildman–Crippen LogP) is 2.14. The molecule has 1 aromatic heterocycles. The lowest BCUT2D eigenvalue weighted by Crippen LogP contribution is -2.44. The van der Waals surface area contributed by atoms with Gasteiger partial charge in [0.1, 0.15) is 0 Å². The topological polar surface area (TPSA) is 80.0 Å². The Bertz CT molecular complexity index is 481. The Labute approximate surface area is 124 Å². The number of hydrogen-bond donors (Lipinski definition) is 1. The highest BCUT2D eigenvalue weighted by Crippen LogP contribution is 2.21. The van der Waals surface area contributed by atoms with E-state index in [1.807, 2.05) is 0 Å². The van der Waals surface area contributed by atoms with Gasteiger partial charge in [-0.2, -0.15) is 0 Å². The van der Waals surface area contributed by atoms with Crippen LogP contribution in [0.4, 0.5) is 0 Å². The van der Waals surface area contributed by atoms with Gasteiger partial charge in [-0.15, -0.1) is 0 Å². The number of hydrogen-bond acceptors (Lipinski definition) is 4. The Morgan fingerprint density at radius 2 is 2.05 bits per heavy atom. The van der Waals surface area contributed by atoms with Gasteiger partial charge in [-0.3, -0.25) is 9.59 Å². The van der Waals surface area contributed by atoms with E-state index in [-0.39, 0.29) is 30.7 Å². The summed E-state index contributed by atoms with van der Waals surface area (Å²) in [5.41, 5.74) is 0. The van der Waals surface area contributed by atoms with Crippen LogP contribution in [0.2, 0.25) is 0 Å². The van der Waals surface area contributed by atoms with Gasteiger partial charge < -0.3 is 19.2 Å². The van der Waals surface area contributed by atoms with Crippen LogP contribution in [0.15, 0.2) is 21.2 Å². The molecule has 0 spiro atoms. The monoisotopic (exact) mass is 345 g/mol. The van der Waals surface area contributed by atoms with Crippen molar-refractivity contribution in [3.05, 3.63) is 22.6 Å². The minimum Gasteiger partial charge on any atom is -0.481 e. The molecule has 0 radical (unpaired) electrons. The first-order chi connectivity index (χ1) is 9.58. The molecule has 1 aliphatic heterocycles. The van der Waals surface area contributed by atoms with E-state index >= 15 is 0 Å². The van der Waals surface area contributed by atoms with Crippen molar-refractivity contribution in [2.45, 2.75) is 25.3 Å². The highest BCUT2D eigenvalue weighted by atomic mass is 79.9. The third-order valence-corrected chi connectivity index (χ3v) is 3.67. The Morgan fingerprint density at radius 3 is 2.60 bits per heavy atom. The van der Waals surface area contributed by atoms with Crippen LogP contribution in [0.5, 0.6) is 0 Å². The number of carbonyl (C=O) groups excluding carboxylic acids is 1. The molecule has 20 heavy (non-hydrogen) atoms. The third-order valence-electron chi connectivity index (χ3n) is 3.24. The second-order valence-corrected chi connectivity index (χ2v) is 5.37. The van der Waals surface area contributed by atoms with Gasteiger partial charge in [0.2, 0.25) is 0 Å². The molecule has 0 bridgehead atoms. The van der Waals surface area contributed by atoms with Gasteiger partial charge in [-0.1, -0.05) is 0 Å². The minimum atomic E-state index is -0.921. The normalized spacial score (nSPS) is 16.1. The lowest BCUT2D eigenvalue weighted by molar-refractivity contribution is -0.137. The van der Waals surface area contributed by atoms with Crippen molar-refractivity contribution in [1.29, 1.82) is 0 Å². The van der Waals surface area contributed by atoms with Crippen LogP contribution in [0.25, 0.3) is 0 Å². The van der Waals surface area contributed by atoms with Gasteiger partial charge in [0.05, 0.1) is 6.42 Å². The van der Waals surface area contributed by atoms with Crippen molar-refractivity contribution < 1.29 is 23.8 Å². The number of carbonyl (C=O) groups is 2. The summed E-state index contributed by atoms with van der Waals surface area (Å²) in [6, 6.07) is 3.23. The SMILES string of the molecule is O=C(O)CCN(C(=O)c1ccc(Br)o1)C1CCOCC1. The quantitative estimate of drug-likeness (QED) is 0.884. The first-order valence-electron chi connectivity index (χ1n) is 6.44. The number of carboxylic acids is 1. The zero-order valence-corrected chi connectivity index (χ0v) is 12.5. The standard InChI is InChI=1S/C13H16BrNO5/c14-11-2-1-10(20-11)13(18)15(6-3-12(16)17)9-4-7-19-8-5-9/h1-2,9H,3-8H2,(H,16,17). The molecule has 110 valence electrons. The van der Waals surface area contributed by atoms with Crippen molar-refractivity contribution in [3.63, 3.8) is 0 Å². The van der Waals surface area contributed by atoms with Crippen LogP contribution in [0.1, 0.15) is 29.8 Å². The van der Waals surface area contributed by atoms with E-state index in [9.17, 15) is 9.59 Å². The molecule has 1 N–H and O–H groups in total. The first kappa shape index (κ1) is 15.1. The first-order valence-corrected chi connectivity index (χ1v) is 7.23. The summed E-state index contributed by atoms with van der Waals surface area (Å²) in [6.07, 6.45) is 1.35. The lowest BCUT2D eigenvalue weighted by Gasteiger charge is -2.33. The molecule has 1 fully saturated rings. The van der Waals surface area contributed by atoms with Gasteiger partial charge in [0, 0.05) is 25.8 Å². The summed E-state index contributed by atoms with van der Waals surface area (Å²) < 4.78 is 11.0. The fraction of sp³-hybridized carbons (Fsp3) is 0.538. The molecule has 1 saturated heterocycles. The highest BCUT2D eigenvalue weighted by Gasteiger charge is 2.28. The average Bonchev–Trinajstić information content (AvgIpc) is 2.86. The zero-order chi connectivity index (χ0) is 14.5. The van der Waals surface area contributed by atoms with Crippen LogP contribution in [0.3, 0.4) is 0 Å². The lowest BCUT2D eigenvalue weighted by atomic mass is 10.1. The maximum absolute atomic E-state index is 12.4. The van der Waals surface area contributed by atoms with Gasteiger partial charge in [-0.25, -0.2) is 0 Å². The van der Waals surface area contributed by atoms with E-state index in [1.54, 1.807) is 17.0 Å². The van der Waals surface area contributed by atoms with Crippen LogP contribution >= 0.6 is 15.9 Å². The summed E-state index contributed by atoms with van der Waals surface area (Å²) in [5, 5.41) is 8.82. The Morgan fingerprint density at radius 1 is 1.35 bits per heavy atom. The van der Waals surface area contributed by atoms with Crippen LogP contribution in [-0.2, 0) is 9.53 Å². The maximum Gasteiger partial charge on any atom is 0.305 e. The molecule has 0 aromatic carbocycles. The van der Waals surface area contributed by atoms with Crippen molar-refractivity contribution in [2.75, 3.05) is 19.8 Å². The van der Waals surface area contributed by atoms with E-state index in [4.69, 9.17) is 14.3 Å². The van der Waals surface area contributed by atoms with E-state index in [2.05, 4.69) is 15.9 Å². The smallest absolute Gasteiger partial charge is 0.305 e. The van der Waals surface area contributed by atoms with Crippen molar-refractivity contribution in [1.82, 2.24) is 4.90 Å². The number of halogens is 1. The van der Waals surface area contributed by atoms with Gasteiger partial charge >= 0.3 is 5.97 Å². The summed E-state index contributed by atoms with van der Waals surface area (Å²) in [4.78, 5) is 24.8. The van der Waals surface area contributed by atoms with E-state index < -0.39 is 5.97 Å². The summed E-state index contributed by atoms with van der Waals surface area (Å²) in [6.45, 7) is 1.35. The number of carboxylic acid groups (broad SMARTS) is 1. The van der Waals surface area contributed by atoms with Gasteiger partial charge in [0.25, 0.3) is 5.91 Å². The number of amides is 1. The fourth-order valence-electron chi connectivity index (χ4n) is 2.23. The van der Waals surface area contributed by atoms with Gasteiger partial charge in [-0.05, 0) is 40.9 Å². The molecular weight excluding hydrogens is 330 g/mol. The minimum absolute atomic E-state index is 0.000486. The maximum atomic E-state index is 12.4. The summed E-state index contributed by atoms with van der Waals surface area (Å²) in [7, 11) is 0. The van der Waals surface area contributed by atoms with E-state index in [1.165, 1.54) is 0 Å². The highest BCUT2D eigenvalue weighted by molar-refractivity contribution is 9.10. The van der Waals surface area contributed by atoms with Crippen LogP contribution in [-0.4, -0.2) is 47.7 Å². The molecule has 0 atom stereocenters. The zero-order valence-electron chi connectivity index (χ0n) is 10.9. The fourth-order valence-corrected chi connectivity index (χ4v) is 2.54. The number of rotatable bonds is 5. The second kappa shape index (κ2) is 6.90. The molecule has 0 unspecified atom stereocenters. The van der Waals surface area contributed by atoms with Crippen molar-refractivity contribution in [3.8, 4) is 0 Å². The van der Waals surface area contributed by atoms with Crippen molar-refractivity contribution >= 4 is 27.8 Å². The number of furan rings is 1. The third kappa shape index (κ3) is 3.83. The molecule has 0 aliphatic carbocycles. The Hall–Kier alpha value is -1.34. The summed E-state index contributed by atoms with van der Waals surface area (Å²) in [5.74, 6) is -0.979. The summed E-state index contributed by atoms with van der Waals surface area (Å²) >= 11 is 3.16. The Balaban J connectivity index is 2.11. The molecular formula is C13H16BrNO5. The van der Waals surface area contributed by atoms with Crippen LogP contribution in [0, 0.1) is 0 Å². The molecule has 0 saturated carbocycles. The predicted molar refractivity (Wildman–Crippen MR) is 73.5 cm³/mol. The second-order valence-electron chi connectivity index (χ2n) is 4.59. The molecule has 6 nitrogen and oxygen atoms in total. The number of nitrogens with zero attached hydrogens (tertiary/aromatic N) is 1. The van der Waals surface area contributed by atoms with Gasteiger partial charge in [0.15, 0.2) is 10.4 Å². The van der Waals surface area contributed by atoms with Crippen LogP contribution < -0.4 is 0 Å². The number of ether oxygens (including phenoxy) is 1. The molecule has 2 heterocycles.